The zero-order chi connectivity index (χ0) is 13.8. The van der Waals surface area contributed by atoms with E-state index < -0.39 is 5.91 Å². The Kier molecular flexibility index (Phi) is 3.92. The third-order valence-electron chi connectivity index (χ3n) is 2.64. The van der Waals surface area contributed by atoms with Crippen LogP contribution in [-0.4, -0.2) is 17.3 Å². The predicted octanol–water partition coefficient (Wildman–Crippen LogP) is 2.85. The van der Waals surface area contributed by atoms with Gasteiger partial charge in [0.1, 0.15) is 5.69 Å². The van der Waals surface area contributed by atoms with Crippen molar-refractivity contribution in [1.29, 1.82) is 0 Å². The van der Waals surface area contributed by atoms with Gasteiger partial charge in [-0.05, 0) is 30.7 Å². The highest BCUT2D eigenvalue weighted by molar-refractivity contribution is 6.35. The number of imide groups is 1. The summed E-state index contributed by atoms with van der Waals surface area (Å²) in [5.41, 5.74) is 1.31. The Balaban J connectivity index is 2.46. The summed E-state index contributed by atoms with van der Waals surface area (Å²) in [6.45, 7) is 1.78. The lowest BCUT2D eigenvalue weighted by molar-refractivity contribution is -0.106. The molecule has 0 saturated heterocycles. The molecule has 5 heteroatoms. The molecular formula is C14H11ClN2O2. The second-order valence-electron chi connectivity index (χ2n) is 3.90. The molecule has 0 N–H and O–H groups in total. The normalized spacial score (nSPS) is 10.0. The Morgan fingerprint density at radius 1 is 1.26 bits per heavy atom. The summed E-state index contributed by atoms with van der Waals surface area (Å²) < 4.78 is 0. The van der Waals surface area contributed by atoms with Crippen molar-refractivity contribution in [3.63, 3.8) is 0 Å². The van der Waals surface area contributed by atoms with E-state index in [0.717, 1.165) is 10.5 Å². The van der Waals surface area contributed by atoms with Crippen molar-refractivity contribution in [3.8, 4) is 0 Å². The predicted molar refractivity (Wildman–Crippen MR) is 73.3 cm³/mol. The van der Waals surface area contributed by atoms with Crippen LogP contribution in [-0.2, 0) is 4.79 Å². The number of nitrogens with zero attached hydrogens (tertiary/aromatic N) is 2. The molecule has 1 aromatic heterocycles. The van der Waals surface area contributed by atoms with Crippen molar-refractivity contribution < 1.29 is 9.59 Å². The monoisotopic (exact) mass is 274 g/mol. The Bertz CT molecular complexity index is 594. The minimum absolute atomic E-state index is 0.189. The molecule has 0 atom stereocenters. The number of halogens is 1. The van der Waals surface area contributed by atoms with Crippen LogP contribution >= 0.6 is 11.6 Å². The first-order chi connectivity index (χ1) is 9.15. The number of para-hydroxylation sites is 1. The molecule has 4 nitrogen and oxygen atoms in total. The highest BCUT2D eigenvalue weighted by Gasteiger charge is 2.21. The third-order valence-corrected chi connectivity index (χ3v) is 2.94. The largest absolute Gasteiger partial charge is 0.283 e. The average molecular weight is 275 g/mol. The van der Waals surface area contributed by atoms with Crippen LogP contribution in [0, 0.1) is 6.92 Å². The highest BCUT2D eigenvalue weighted by atomic mass is 35.5. The van der Waals surface area contributed by atoms with Crippen LogP contribution in [0.1, 0.15) is 16.1 Å². The molecule has 1 aromatic carbocycles. The number of hydrogen-bond acceptors (Lipinski definition) is 3. The number of carbonyl (C=O) groups is 2. The van der Waals surface area contributed by atoms with Crippen LogP contribution < -0.4 is 4.90 Å². The first-order valence-corrected chi connectivity index (χ1v) is 5.98. The van der Waals surface area contributed by atoms with E-state index in [9.17, 15) is 9.59 Å². The summed E-state index contributed by atoms with van der Waals surface area (Å²) in [6, 6.07) is 10.1. The van der Waals surface area contributed by atoms with Crippen LogP contribution in [0.3, 0.4) is 0 Å². The highest BCUT2D eigenvalue weighted by Crippen LogP contribution is 2.29. The van der Waals surface area contributed by atoms with E-state index in [2.05, 4.69) is 4.98 Å². The fraction of sp³-hybridized carbons (Fsp3) is 0.0714. The van der Waals surface area contributed by atoms with Crippen LogP contribution in [0.4, 0.5) is 5.69 Å². The number of pyridine rings is 1. The Morgan fingerprint density at radius 3 is 2.63 bits per heavy atom. The molecule has 0 aliphatic rings. The number of aryl methyl sites for hydroxylation is 1. The number of aromatic nitrogens is 1. The summed E-state index contributed by atoms with van der Waals surface area (Å²) in [5.74, 6) is -0.508. The topological polar surface area (TPSA) is 50.3 Å². The molecule has 0 spiro atoms. The van der Waals surface area contributed by atoms with Gasteiger partial charge in [-0.3, -0.25) is 14.6 Å². The van der Waals surface area contributed by atoms with Gasteiger partial charge in [-0.2, -0.15) is 0 Å². The zero-order valence-corrected chi connectivity index (χ0v) is 11.0. The molecule has 2 amide bonds. The van der Waals surface area contributed by atoms with Crippen molar-refractivity contribution in [1.82, 2.24) is 4.98 Å². The number of rotatable bonds is 3. The van der Waals surface area contributed by atoms with Gasteiger partial charge < -0.3 is 0 Å². The standard InChI is InChI=1S/C14H11ClN2O2/c1-10-5-4-6-11(15)13(10)17(9-18)14(19)12-7-2-3-8-16-12/h2-9H,1H3. The van der Waals surface area contributed by atoms with Crippen LogP contribution in [0.25, 0.3) is 0 Å². The van der Waals surface area contributed by atoms with Gasteiger partial charge in [-0.1, -0.05) is 29.8 Å². The zero-order valence-electron chi connectivity index (χ0n) is 10.2. The summed E-state index contributed by atoms with van der Waals surface area (Å²) in [5, 5.41) is 0.344. The van der Waals surface area contributed by atoms with E-state index in [0.29, 0.717) is 17.1 Å². The maximum atomic E-state index is 12.3. The molecule has 0 saturated carbocycles. The fourth-order valence-electron chi connectivity index (χ4n) is 1.74. The van der Waals surface area contributed by atoms with Gasteiger partial charge >= 0.3 is 0 Å². The van der Waals surface area contributed by atoms with Gasteiger partial charge in [-0.25, -0.2) is 4.90 Å². The van der Waals surface area contributed by atoms with Crippen molar-refractivity contribution in [2.75, 3.05) is 4.90 Å². The van der Waals surface area contributed by atoms with Gasteiger partial charge in [-0.15, -0.1) is 0 Å². The van der Waals surface area contributed by atoms with Gasteiger partial charge in [0, 0.05) is 6.20 Å². The number of anilines is 1. The van der Waals surface area contributed by atoms with Crippen LogP contribution in [0.15, 0.2) is 42.6 Å². The minimum Gasteiger partial charge on any atom is -0.278 e. The molecule has 2 rings (SSSR count). The molecule has 0 unspecified atom stereocenters. The maximum Gasteiger partial charge on any atom is 0.283 e. The minimum atomic E-state index is -0.508. The van der Waals surface area contributed by atoms with E-state index in [1.807, 2.05) is 0 Å². The van der Waals surface area contributed by atoms with Crippen molar-refractivity contribution in [3.05, 3.63) is 58.9 Å². The van der Waals surface area contributed by atoms with E-state index in [1.54, 1.807) is 43.3 Å². The number of benzene rings is 1. The van der Waals surface area contributed by atoms with Crippen LogP contribution in [0.5, 0.6) is 0 Å². The first kappa shape index (κ1) is 13.2. The summed E-state index contributed by atoms with van der Waals surface area (Å²) in [7, 11) is 0. The SMILES string of the molecule is Cc1cccc(Cl)c1N(C=O)C(=O)c1ccccn1. The molecular weight excluding hydrogens is 264 g/mol. The summed E-state index contributed by atoms with van der Waals surface area (Å²) >= 11 is 6.06. The van der Waals surface area contributed by atoms with E-state index in [-0.39, 0.29) is 5.69 Å². The Labute approximate surface area is 115 Å². The second kappa shape index (κ2) is 5.63. The molecule has 0 fully saturated rings. The number of amides is 2. The molecule has 19 heavy (non-hydrogen) atoms. The smallest absolute Gasteiger partial charge is 0.278 e. The van der Waals surface area contributed by atoms with E-state index >= 15 is 0 Å². The molecule has 0 aliphatic heterocycles. The molecule has 0 radical (unpaired) electrons. The van der Waals surface area contributed by atoms with Crippen molar-refractivity contribution >= 4 is 29.6 Å². The number of hydrogen-bond donors (Lipinski definition) is 0. The number of carbonyl (C=O) groups excluding carboxylic acids is 2. The van der Waals surface area contributed by atoms with Crippen molar-refractivity contribution in [2.24, 2.45) is 0 Å². The lowest BCUT2D eigenvalue weighted by Gasteiger charge is -2.18. The lowest BCUT2D eigenvalue weighted by atomic mass is 10.1. The van der Waals surface area contributed by atoms with Crippen molar-refractivity contribution in [2.45, 2.75) is 6.92 Å². The van der Waals surface area contributed by atoms with Gasteiger partial charge in [0.25, 0.3) is 5.91 Å². The molecule has 2 aromatic rings. The maximum absolute atomic E-state index is 12.3. The van der Waals surface area contributed by atoms with Gasteiger partial charge in [0.2, 0.25) is 6.41 Å². The lowest BCUT2D eigenvalue weighted by Crippen LogP contribution is -2.30. The summed E-state index contributed by atoms with van der Waals surface area (Å²) in [4.78, 5) is 28.4. The van der Waals surface area contributed by atoms with Gasteiger partial charge in [0.15, 0.2) is 0 Å². The molecule has 0 bridgehead atoms. The summed E-state index contributed by atoms with van der Waals surface area (Å²) in [6.07, 6.45) is 1.95. The molecule has 0 aliphatic carbocycles. The third kappa shape index (κ3) is 2.63. The Hall–Kier alpha value is -2.20. The molecule has 96 valence electrons. The van der Waals surface area contributed by atoms with E-state index in [4.69, 9.17) is 11.6 Å². The average Bonchev–Trinajstić information content (AvgIpc) is 2.43. The fourth-order valence-corrected chi connectivity index (χ4v) is 2.06. The first-order valence-electron chi connectivity index (χ1n) is 5.60. The van der Waals surface area contributed by atoms with Gasteiger partial charge in [0.05, 0.1) is 10.7 Å². The quantitative estimate of drug-likeness (QED) is 0.809. The van der Waals surface area contributed by atoms with E-state index in [1.165, 1.54) is 6.20 Å². The Morgan fingerprint density at radius 2 is 2.05 bits per heavy atom. The van der Waals surface area contributed by atoms with Crippen LogP contribution in [0.2, 0.25) is 5.02 Å². The second-order valence-corrected chi connectivity index (χ2v) is 4.31. The molecule has 1 heterocycles.